The van der Waals surface area contributed by atoms with E-state index in [4.69, 9.17) is 4.99 Å². The fourth-order valence-corrected chi connectivity index (χ4v) is 6.07. The van der Waals surface area contributed by atoms with Gasteiger partial charge in [0.15, 0.2) is 0 Å². The summed E-state index contributed by atoms with van der Waals surface area (Å²) >= 11 is 0. The summed E-state index contributed by atoms with van der Waals surface area (Å²) in [7, 11) is 0. The molecule has 3 amide bonds. The monoisotopic (exact) mass is 544 g/mol. The average molecular weight is 545 g/mol. The van der Waals surface area contributed by atoms with Gasteiger partial charge >= 0.3 is 0 Å². The Balaban J connectivity index is 1.42. The number of benzodiazepines with no additional fused rings is 1. The molecule has 0 fully saturated rings. The van der Waals surface area contributed by atoms with Crippen molar-refractivity contribution in [2.45, 2.75) is 38.4 Å². The van der Waals surface area contributed by atoms with Gasteiger partial charge in [-0.1, -0.05) is 42.5 Å². The lowest BCUT2D eigenvalue weighted by Crippen LogP contribution is -2.49. The van der Waals surface area contributed by atoms with Gasteiger partial charge in [0.05, 0.1) is 34.8 Å². The van der Waals surface area contributed by atoms with Gasteiger partial charge in [-0.2, -0.15) is 0 Å². The molecule has 3 aliphatic rings. The van der Waals surface area contributed by atoms with Crippen molar-refractivity contribution in [3.63, 3.8) is 0 Å². The van der Waals surface area contributed by atoms with Gasteiger partial charge in [0.25, 0.3) is 17.7 Å². The van der Waals surface area contributed by atoms with Gasteiger partial charge in [-0.05, 0) is 73.2 Å². The first-order chi connectivity index (χ1) is 20.0. The molecule has 3 heterocycles. The third kappa shape index (κ3) is 4.06. The number of carbonyl (C=O) groups excluding carboxylic acids is 3. The first-order valence-corrected chi connectivity index (χ1v) is 13.7. The van der Waals surface area contributed by atoms with E-state index in [0.29, 0.717) is 11.3 Å². The molecule has 0 N–H and O–H groups in total. The summed E-state index contributed by atoms with van der Waals surface area (Å²) in [5.41, 5.74) is 4.92. The molecule has 1 atom stereocenters. The normalized spacial score (nSPS) is 18.0. The number of imide groups is 1. The number of carbonyl (C=O) groups is 3. The van der Waals surface area contributed by atoms with Crippen molar-refractivity contribution in [1.82, 2.24) is 9.88 Å². The molecular weight excluding hydrogens is 519 g/mol. The van der Waals surface area contributed by atoms with Crippen molar-refractivity contribution in [3.05, 3.63) is 130 Å². The van der Waals surface area contributed by atoms with Gasteiger partial charge in [0.2, 0.25) is 6.17 Å². The first-order valence-electron chi connectivity index (χ1n) is 13.7. The number of halogens is 1. The fraction of sp³-hybridized carbons (Fsp3) is 0.182. The second-order valence-electron chi connectivity index (χ2n) is 10.4. The van der Waals surface area contributed by atoms with Crippen molar-refractivity contribution in [3.8, 4) is 0 Å². The number of nitrogens with zero attached hydrogens (tertiary/aromatic N) is 4. The summed E-state index contributed by atoms with van der Waals surface area (Å²) in [6.07, 6.45) is 4.17. The maximum Gasteiger partial charge on any atom is 0.273 e. The molecule has 3 aromatic carbocycles. The van der Waals surface area contributed by atoms with Crippen LogP contribution in [-0.4, -0.2) is 39.5 Å². The lowest BCUT2D eigenvalue weighted by atomic mass is 9.91. The van der Waals surface area contributed by atoms with Crippen LogP contribution in [0.5, 0.6) is 0 Å². The molecular formula is C33H25FN4O3. The van der Waals surface area contributed by atoms with Crippen LogP contribution >= 0.6 is 0 Å². The topological polar surface area (TPSA) is 82.9 Å². The minimum absolute atomic E-state index is 0.124. The Bertz CT molecular complexity index is 1750. The quantitative estimate of drug-likeness (QED) is 0.335. The van der Waals surface area contributed by atoms with Crippen LogP contribution in [0.15, 0.2) is 90.1 Å². The summed E-state index contributed by atoms with van der Waals surface area (Å²) < 4.78 is 15.3. The first kappa shape index (κ1) is 25.0. The lowest BCUT2D eigenvalue weighted by Gasteiger charge is -2.29. The largest absolute Gasteiger partial charge is 0.302 e. The maximum atomic E-state index is 15.3. The van der Waals surface area contributed by atoms with Crippen molar-refractivity contribution in [2.75, 3.05) is 4.90 Å². The Morgan fingerprint density at radius 3 is 2.12 bits per heavy atom. The summed E-state index contributed by atoms with van der Waals surface area (Å²) in [5.74, 6) is -2.31. The highest BCUT2D eigenvalue weighted by molar-refractivity contribution is 6.25. The van der Waals surface area contributed by atoms with E-state index >= 15 is 4.39 Å². The number of aliphatic imine (C=N–C) groups is 1. The Morgan fingerprint density at radius 1 is 0.756 bits per heavy atom. The van der Waals surface area contributed by atoms with Crippen LogP contribution in [0.2, 0.25) is 0 Å². The molecule has 2 aliphatic heterocycles. The van der Waals surface area contributed by atoms with E-state index in [1.54, 1.807) is 72.9 Å². The number of aromatic nitrogens is 1. The summed E-state index contributed by atoms with van der Waals surface area (Å²) in [6.45, 7) is 0.124. The van der Waals surface area contributed by atoms with E-state index in [2.05, 4.69) is 4.98 Å². The average Bonchev–Trinajstić information content (AvgIpc) is 3.19. The third-order valence-corrected chi connectivity index (χ3v) is 8.06. The summed E-state index contributed by atoms with van der Waals surface area (Å²) in [5, 5.41) is 0. The number of hydrogen-bond acceptors (Lipinski definition) is 5. The molecule has 7 nitrogen and oxygen atoms in total. The molecule has 0 spiro atoms. The highest BCUT2D eigenvalue weighted by atomic mass is 19.1. The van der Waals surface area contributed by atoms with Gasteiger partial charge < -0.3 is 4.90 Å². The van der Waals surface area contributed by atoms with Gasteiger partial charge in [0, 0.05) is 17.3 Å². The Labute approximate surface area is 236 Å². The predicted octanol–water partition coefficient (Wildman–Crippen LogP) is 5.11. The number of aryl methyl sites for hydroxylation is 1. The molecule has 4 aromatic rings. The van der Waals surface area contributed by atoms with Crippen LogP contribution in [0, 0.1) is 5.82 Å². The Kier molecular flexibility index (Phi) is 6.03. The number of benzene rings is 3. The molecule has 0 saturated carbocycles. The molecule has 0 bridgehead atoms. The zero-order valence-corrected chi connectivity index (χ0v) is 22.1. The van der Waals surface area contributed by atoms with Crippen molar-refractivity contribution < 1.29 is 18.8 Å². The smallest absolute Gasteiger partial charge is 0.273 e. The number of amides is 3. The number of hydrogen-bond donors (Lipinski definition) is 0. The number of para-hydroxylation sites is 1. The van der Waals surface area contributed by atoms with E-state index in [-0.39, 0.29) is 28.9 Å². The Hall–Kier alpha value is -4.98. The second-order valence-corrected chi connectivity index (χ2v) is 10.4. The SMILES string of the molecule is O=C1C(N2C(=O)c3ccccc3C2=O)N=C(c2ccccc2F)c2ccccc2N1Cc1nccc2c1CCCC2. The lowest BCUT2D eigenvalue weighted by molar-refractivity contribution is -0.122. The van der Waals surface area contributed by atoms with Gasteiger partial charge in [-0.3, -0.25) is 19.4 Å². The predicted molar refractivity (Wildman–Crippen MR) is 151 cm³/mol. The molecule has 41 heavy (non-hydrogen) atoms. The van der Waals surface area contributed by atoms with Crippen molar-refractivity contribution in [1.29, 1.82) is 0 Å². The molecule has 1 aromatic heterocycles. The highest BCUT2D eigenvalue weighted by Crippen LogP contribution is 2.35. The van der Waals surface area contributed by atoms with Crippen LogP contribution in [0.25, 0.3) is 0 Å². The number of anilines is 1. The standard InChI is InChI=1S/C33H25FN4O3/c34-26-15-7-5-13-24(26)29-25-14-6-8-16-28(25)37(19-27-21-10-2-1-9-20(21)17-18-35-27)33(41)30(36-29)38-31(39)22-11-3-4-12-23(22)32(38)40/h3-8,11-18,30H,1-2,9-10,19H2. The molecule has 0 radical (unpaired) electrons. The zero-order valence-electron chi connectivity index (χ0n) is 22.1. The second kappa shape index (κ2) is 9.89. The van der Waals surface area contributed by atoms with E-state index in [1.807, 2.05) is 6.07 Å². The zero-order chi connectivity index (χ0) is 28.1. The minimum atomic E-state index is -1.54. The van der Waals surface area contributed by atoms with E-state index < -0.39 is 29.7 Å². The number of fused-ring (bicyclic) bond motifs is 3. The molecule has 0 saturated heterocycles. The molecule has 202 valence electrons. The van der Waals surface area contributed by atoms with Crippen LogP contribution in [0.4, 0.5) is 10.1 Å². The number of pyridine rings is 1. The molecule has 8 heteroatoms. The van der Waals surface area contributed by atoms with Crippen molar-refractivity contribution >= 4 is 29.1 Å². The van der Waals surface area contributed by atoms with Crippen LogP contribution in [0.1, 0.15) is 61.5 Å². The van der Waals surface area contributed by atoms with Crippen molar-refractivity contribution in [2.24, 2.45) is 4.99 Å². The van der Waals surface area contributed by atoms with Crippen LogP contribution < -0.4 is 4.90 Å². The third-order valence-electron chi connectivity index (χ3n) is 8.06. The molecule has 1 unspecified atom stereocenters. The molecule has 1 aliphatic carbocycles. The number of rotatable bonds is 4. The van der Waals surface area contributed by atoms with Crippen LogP contribution in [0.3, 0.4) is 0 Å². The van der Waals surface area contributed by atoms with E-state index in [9.17, 15) is 14.4 Å². The van der Waals surface area contributed by atoms with Gasteiger partial charge in [-0.25, -0.2) is 14.3 Å². The summed E-state index contributed by atoms with van der Waals surface area (Å²) in [6, 6.07) is 21.8. The van der Waals surface area contributed by atoms with Crippen LogP contribution in [-0.2, 0) is 24.2 Å². The minimum Gasteiger partial charge on any atom is -0.302 e. The maximum absolute atomic E-state index is 15.3. The van der Waals surface area contributed by atoms with E-state index in [1.165, 1.54) is 16.5 Å². The van der Waals surface area contributed by atoms with Gasteiger partial charge in [-0.15, -0.1) is 0 Å². The molecule has 7 rings (SSSR count). The highest BCUT2D eigenvalue weighted by Gasteiger charge is 2.46. The summed E-state index contributed by atoms with van der Waals surface area (Å²) in [4.78, 5) is 53.5. The van der Waals surface area contributed by atoms with Gasteiger partial charge in [0.1, 0.15) is 5.82 Å². The van der Waals surface area contributed by atoms with E-state index in [0.717, 1.165) is 41.8 Å². The fourth-order valence-electron chi connectivity index (χ4n) is 6.07. The Morgan fingerprint density at radius 2 is 1.39 bits per heavy atom.